The van der Waals surface area contributed by atoms with Crippen molar-refractivity contribution >= 4 is 12.4 Å². The molecule has 0 aliphatic carbocycles. The molecule has 0 saturated heterocycles. The quantitative estimate of drug-likeness (QED) is 0.488. The van der Waals surface area contributed by atoms with E-state index in [9.17, 15) is 13.6 Å². The number of aldehydes is 1. The number of benzene rings is 1. The lowest BCUT2D eigenvalue weighted by Crippen LogP contribution is -1.86. The summed E-state index contributed by atoms with van der Waals surface area (Å²) < 4.78 is 25.5. The van der Waals surface area contributed by atoms with Gasteiger partial charge >= 0.3 is 0 Å². The predicted octanol–water partition coefficient (Wildman–Crippen LogP) is 2.18. The predicted molar refractivity (Wildman–Crippen MR) is 41.5 cm³/mol. The maximum atomic E-state index is 12.8. The Hall–Kier alpha value is -1.51. The highest BCUT2D eigenvalue weighted by molar-refractivity contribution is 5.74. The highest BCUT2D eigenvalue weighted by atomic mass is 19.1. The van der Waals surface area contributed by atoms with Gasteiger partial charge in [0, 0.05) is 5.56 Å². The minimum Gasteiger partial charge on any atom is -0.299 e. The zero-order chi connectivity index (χ0) is 8.97. The molecule has 0 N–H and O–H groups in total. The number of allylic oxidation sites excluding steroid dienone is 1. The van der Waals surface area contributed by atoms with Gasteiger partial charge in [0.2, 0.25) is 0 Å². The first-order chi connectivity index (χ1) is 5.75. The van der Waals surface area contributed by atoms with Gasteiger partial charge in [-0.15, -0.1) is 0 Å². The van der Waals surface area contributed by atoms with Crippen LogP contribution >= 0.6 is 0 Å². The monoisotopic (exact) mass is 168 g/mol. The molecule has 0 aliphatic heterocycles. The first kappa shape index (κ1) is 8.59. The second-order valence-corrected chi connectivity index (χ2v) is 2.13. The molecule has 0 unspecified atom stereocenters. The molecule has 1 nitrogen and oxygen atoms in total. The molecular weight excluding hydrogens is 162 g/mol. The summed E-state index contributed by atoms with van der Waals surface area (Å²) in [6.45, 7) is 0. The molecule has 0 radical (unpaired) electrons. The summed E-state index contributed by atoms with van der Waals surface area (Å²) in [7, 11) is 0. The Labute approximate surface area is 68.3 Å². The van der Waals surface area contributed by atoms with Crippen molar-refractivity contribution in [2.75, 3.05) is 0 Å². The van der Waals surface area contributed by atoms with Gasteiger partial charge in [-0.2, -0.15) is 0 Å². The minimum atomic E-state index is -0.673. The molecule has 0 saturated carbocycles. The van der Waals surface area contributed by atoms with Gasteiger partial charge in [-0.1, -0.05) is 6.07 Å². The Kier molecular flexibility index (Phi) is 2.69. The lowest BCUT2D eigenvalue weighted by molar-refractivity contribution is -0.104. The van der Waals surface area contributed by atoms with Crippen molar-refractivity contribution in [2.45, 2.75) is 0 Å². The molecule has 0 atom stereocenters. The van der Waals surface area contributed by atoms with Gasteiger partial charge in [-0.05, 0) is 24.3 Å². The van der Waals surface area contributed by atoms with E-state index in [0.29, 0.717) is 6.29 Å². The van der Waals surface area contributed by atoms with E-state index in [1.54, 1.807) is 0 Å². The smallest absolute Gasteiger partial charge is 0.142 e. The first-order valence-corrected chi connectivity index (χ1v) is 3.31. The van der Waals surface area contributed by atoms with E-state index in [4.69, 9.17) is 0 Å². The molecule has 3 heteroatoms. The zero-order valence-corrected chi connectivity index (χ0v) is 6.13. The number of hydrogen-bond acceptors (Lipinski definition) is 1. The summed E-state index contributed by atoms with van der Waals surface area (Å²) in [5, 5.41) is 0. The third kappa shape index (κ3) is 1.75. The van der Waals surface area contributed by atoms with E-state index in [1.807, 2.05) is 0 Å². The van der Waals surface area contributed by atoms with Crippen molar-refractivity contribution < 1.29 is 13.6 Å². The topological polar surface area (TPSA) is 17.1 Å². The van der Waals surface area contributed by atoms with Crippen LogP contribution in [-0.2, 0) is 4.79 Å². The number of hydrogen-bond donors (Lipinski definition) is 0. The molecule has 0 aliphatic rings. The Morgan fingerprint density at radius 1 is 1.17 bits per heavy atom. The van der Waals surface area contributed by atoms with E-state index < -0.39 is 11.6 Å². The van der Waals surface area contributed by atoms with Crippen LogP contribution in [0.4, 0.5) is 8.78 Å². The standard InChI is InChI=1S/C9H6F2O/c10-8-4-1-5-9(11)7(8)3-2-6-12/h1-6H. The summed E-state index contributed by atoms with van der Waals surface area (Å²) in [5.41, 5.74) is -0.190. The molecule has 0 bridgehead atoms. The van der Waals surface area contributed by atoms with Crippen LogP contribution in [0.3, 0.4) is 0 Å². The summed E-state index contributed by atoms with van der Waals surface area (Å²) in [6, 6.07) is 3.53. The molecule has 0 aromatic heterocycles. The van der Waals surface area contributed by atoms with E-state index >= 15 is 0 Å². The number of halogens is 2. The SMILES string of the molecule is O=CC=Cc1c(F)cccc1F. The number of carbonyl (C=O) groups is 1. The molecule has 0 heterocycles. The van der Waals surface area contributed by atoms with Gasteiger partial charge in [0.15, 0.2) is 0 Å². The average Bonchev–Trinajstić information content (AvgIpc) is 2.04. The molecule has 0 amide bonds. The third-order valence-corrected chi connectivity index (χ3v) is 1.34. The largest absolute Gasteiger partial charge is 0.299 e. The van der Waals surface area contributed by atoms with Crippen LogP contribution in [0.2, 0.25) is 0 Å². The third-order valence-electron chi connectivity index (χ3n) is 1.34. The molecular formula is C9H6F2O. The summed E-state index contributed by atoms with van der Waals surface area (Å²) in [5.74, 6) is -1.35. The van der Waals surface area contributed by atoms with Gasteiger partial charge in [0.1, 0.15) is 17.9 Å². The maximum absolute atomic E-state index is 12.8. The minimum absolute atomic E-state index is 0.190. The number of rotatable bonds is 2. The maximum Gasteiger partial charge on any atom is 0.142 e. The van der Waals surface area contributed by atoms with E-state index in [-0.39, 0.29) is 5.56 Å². The van der Waals surface area contributed by atoms with Crippen LogP contribution in [0.25, 0.3) is 6.08 Å². The molecule has 62 valence electrons. The number of carbonyl (C=O) groups excluding carboxylic acids is 1. The highest BCUT2D eigenvalue weighted by Gasteiger charge is 2.02. The zero-order valence-electron chi connectivity index (χ0n) is 6.13. The van der Waals surface area contributed by atoms with Crippen molar-refractivity contribution in [1.29, 1.82) is 0 Å². The lowest BCUT2D eigenvalue weighted by Gasteiger charge is -1.96. The van der Waals surface area contributed by atoms with Gasteiger partial charge in [0.25, 0.3) is 0 Å². The van der Waals surface area contributed by atoms with Crippen LogP contribution in [0.15, 0.2) is 24.3 Å². The van der Waals surface area contributed by atoms with Crippen molar-refractivity contribution in [3.8, 4) is 0 Å². The van der Waals surface area contributed by atoms with E-state index in [2.05, 4.69) is 0 Å². The fraction of sp³-hybridized carbons (Fsp3) is 0. The molecule has 1 rings (SSSR count). The van der Waals surface area contributed by atoms with Crippen LogP contribution in [0.1, 0.15) is 5.56 Å². The Balaban J connectivity index is 3.12. The van der Waals surface area contributed by atoms with Crippen molar-refractivity contribution in [2.24, 2.45) is 0 Å². The fourth-order valence-electron chi connectivity index (χ4n) is 0.805. The van der Waals surface area contributed by atoms with Gasteiger partial charge in [0.05, 0.1) is 0 Å². The fourth-order valence-corrected chi connectivity index (χ4v) is 0.805. The summed E-state index contributed by atoms with van der Waals surface area (Å²) in [6.07, 6.45) is 2.60. The average molecular weight is 168 g/mol. The van der Waals surface area contributed by atoms with Crippen molar-refractivity contribution in [3.63, 3.8) is 0 Å². The Bertz CT molecular complexity index is 298. The van der Waals surface area contributed by atoms with Crippen molar-refractivity contribution in [1.82, 2.24) is 0 Å². The van der Waals surface area contributed by atoms with Crippen LogP contribution in [0.5, 0.6) is 0 Å². The van der Waals surface area contributed by atoms with E-state index in [1.165, 1.54) is 6.07 Å². The Morgan fingerprint density at radius 2 is 1.75 bits per heavy atom. The second kappa shape index (κ2) is 3.76. The molecule has 1 aromatic carbocycles. The highest BCUT2D eigenvalue weighted by Crippen LogP contribution is 2.12. The normalized spacial score (nSPS) is 10.5. The van der Waals surface area contributed by atoms with E-state index in [0.717, 1.165) is 24.3 Å². The lowest BCUT2D eigenvalue weighted by atomic mass is 10.2. The molecule has 12 heavy (non-hydrogen) atoms. The summed E-state index contributed by atoms with van der Waals surface area (Å²) in [4.78, 5) is 9.87. The van der Waals surface area contributed by atoms with Gasteiger partial charge in [-0.25, -0.2) is 8.78 Å². The second-order valence-electron chi connectivity index (χ2n) is 2.13. The van der Waals surface area contributed by atoms with Crippen LogP contribution in [-0.4, -0.2) is 6.29 Å². The van der Waals surface area contributed by atoms with Crippen LogP contribution < -0.4 is 0 Å². The first-order valence-electron chi connectivity index (χ1n) is 3.31. The molecule has 0 fully saturated rings. The summed E-state index contributed by atoms with van der Waals surface area (Å²) >= 11 is 0. The van der Waals surface area contributed by atoms with Gasteiger partial charge in [-0.3, -0.25) is 4.79 Å². The van der Waals surface area contributed by atoms with Gasteiger partial charge < -0.3 is 0 Å². The van der Waals surface area contributed by atoms with Crippen LogP contribution in [0, 0.1) is 11.6 Å². The Morgan fingerprint density at radius 3 is 2.25 bits per heavy atom. The molecule has 1 aromatic rings. The van der Waals surface area contributed by atoms with Crippen molar-refractivity contribution in [3.05, 3.63) is 41.5 Å². The molecule has 0 spiro atoms.